The average Bonchev–Trinajstić information content (AvgIpc) is 2.41. The predicted octanol–water partition coefficient (Wildman–Crippen LogP) is 3.53. The second-order valence-electron chi connectivity index (χ2n) is 3.94. The molecule has 0 aliphatic rings. The smallest absolute Gasteiger partial charge is 0.132 e. The van der Waals surface area contributed by atoms with Crippen LogP contribution in [-0.4, -0.2) is 9.97 Å². The molecule has 3 nitrogen and oxygen atoms in total. The molecule has 4 heteroatoms. The number of pyridine rings is 2. The van der Waals surface area contributed by atoms with Gasteiger partial charge in [0.1, 0.15) is 5.82 Å². The van der Waals surface area contributed by atoms with Crippen molar-refractivity contribution in [3.05, 3.63) is 53.7 Å². The van der Waals surface area contributed by atoms with Gasteiger partial charge in [-0.1, -0.05) is 29.8 Å². The van der Waals surface area contributed by atoms with E-state index in [1.807, 2.05) is 42.5 Å². The summed E-state index contributed by atoms with van der Waals surface area (Å²) in [7, 11) is 0. The number of nitrogens with two attached hydrogens (primary N) is 1. The van der Waals surface area contributed by atoms with Crippen LogP contribution in [0.5, 0.6) is 0 Å². The van der Waals surface area contributed by atoms with Crippen LogP contribution in [0.15, 0.2) is 48.7 Å². The molecule has 0 atom stereocenters. The number of aromatic nitrogens is 2. The van der Waals surface area contributed by atoms with Gasteiger partial charge in [0.05, 0.1) is 11.4 Å². The Bertz CT molecular complexity index is 711. The molecule has 0 bridgehead atoms. The van der Waals surface area contributed by atoms with Crippen LogP contribution in [0.3, 0.4) is 0 Å². The van der Waals surface area contributed by atoms with E-state index in [1.165, 1.54) is 0 Å². The maximum Gasteiger partial charge on any atom is 0.132 e. The van der Waals surface area contributed by atoms with Crippen molar-refractivity contribution in [2.75, 3.05) is 5.73 Å². The first kappa shape index (κ1) is 11.0. The Hall–Kier alpha value is -2.13. The average molecular weight is 256 g/mol. The van der Waals surface area contributed by atoms with E-state index < -0.39 is 0 Å². The SMILES string of the molecule is Nc1nc(-c2ccccn2)cc2c(Cl)cccc12. The van der Waals surface area contributed by atoms with Gasteiger partial charge in [-0.15, -0.1) is 0 Å². The van der Waals surface area contributed by atoms with Crippen molar-refractivity contribution < 1.29 is 0 Å². The van der Waals surface area contributed by atoms with Gasteiger partial charge in [0.25, 0.3) is 0 Å². The third-order valence-electron chi connectivity index (χ3n) is 2.78. The van der Waals surface area contributed by atoms with Crippen LogP contribution in [0.25, 0.3) is 22.2 Å². The predicted molar refractivity (Wildman–Crippen MR) is 74.4 cm³/mol. The van der Waals surface area contributed by atoms with Crippen molar-refractivity contribution in [1.29, 1.82) is 0 Å². The number of nitrogens with zero attached hydrogens (tertiary/aromatic N) is 2. The summed E-state index contributed by atoms with van der Waals surface area (Å²) < 4.78 is 0. The number of hydrogen-bond donors (Lipinski definition) is 1. The monoisotopic (exact) mass is 255 g/mol. The highest BCUT2D eigenvalue weighted by molar-refractivity contribution is 6.35. The van der Waals surface area contributed by atoms with E-state index in [1.54, 1.807) is 6.20 Å². The lowest BCUT2D eigenvalue weighted by molar-refractivity contribution is 1.26. The number of nitrogen functional groups attached to an aromatic ring is 1. The topological polar surface area (TPSA) is 51.8 Å². The number of anilines is 1. The highest BCUT2D eigenvalue weighted by atomic mass is 35.5. The van der Waals surface area contributed by atoms with Gasteiger partial charge in [-0.05, 0) is 24.3 Å². The second kappa shape index (κ2) is 4.27. The van der Waals surface area contributed by atoms with Gasteiger partial charge in [0, 0.05) is 22.0 Å². The Labute approximate surface area is 109 Å². The highest BCUT2D eigenvalue weighted by Crippen LogP contribution is 2.29. The van der Waals surface area contributed by atoms with E-state index in [4.69, 9.17) is 17.3 Å². The summed E-state index contributed by atoms with van der Waals surface area (Å²) >= 11 is 6.18. The first-order valence-electron chi connectivity index (χ1n) is 5.52. The molecule has 2 aromatic heterocycles. The molecule has 0 radical (unpaired) electrons. The molecule has 2 heterocycles. The molecule has 0 amide bonds. The number of fused-ring (bicyclic) bond motifs is 1. The minimum Gasteiger partial charge on any atom is -0.383 e. The molecule has 0 saturated carbocycles. The van der Waals surface area contributed by atoms with Crippen LogP contribution in [0, 0.1) is 0 Å². The zero-order valence-corrected chi connectivity index (χ0v) is 10.2. The van der Waals surface area contributed by atoms with Crippen molar-refractivity contribution >= 4 is 28.2 Å². The molecule has 0 unspecified atom stereocenters. The molecule has 3 aromatic rings. The summed E-state index contributed by atoms with van der Waals surface area (Å²) in [6.07, 6.45) is 1.73. The lowest BCUT2D eigenvalue weighted by Crippen LogP contribution is -1.95. The van der Waals surface area contributed by atoms with Gasteiger partial charge in [-0.25, -0.2) is 4.98 Å². The van der Waals surface area contributed by atoms with E-state index >= 15 is 0 Å². The van der Waals surface area contributed by atoms with Crippen molar-refractivity contribution in [1.82, 2.24) is 9.97 Å². The van der Waals surface area contributed by atoms with Crippen molar-refractivity contribution in [3.8, 4) is 11.4 Å². The maximum absolute atomic E-state index is 6.18. The van der Waals surface area contributed by atoms with Gasteiger partial charge in [0.15, 0.2) is 0 Å². The molecule has 0 aliphatic heterocycles. The van der Waals surface area contributed by atoms with Crippen LogP contribution in [0.4, 0.5) is 5.82 Å². The standard InChI is InChI=1S/C14H10ClN3/c15-11-5-3-4-9-10(11)8-13(18-14(9)16)12-6-1-2-7-17-12/h1-8H,(H2,16,18). The van der Waals surface area contributed by atoms with Gasteiger partial charge < -0.3 is 5.73 Å². The summed E-state index contributed by atoms with van der Waals surface area (Å²) in [4.78, 5) is 8.63. The fraction of sp³-hybridized carbons (Fsp3) is 0. The Morgan fingerprint density at radius 2 is 1.83 bits per heavy atom. The zero-order valence-electron chi connectivity index (χ0n) is 9.47. The Morgan fingerprint density at radius 1 is 0.944 bits per heavy atom. The van der Waals surface area contributed by atoms with Gasteiger partial charge in [-0.3, -0.25) is 4.98 Å². The minimum absolute atomic E-state index is 0.468. The number of rotatable bonds is 1. The lowest BCUT2D eigenvalue weighted by Gasteiger charge is -2.06. The number of halogens is 1. The molecule has 88 valence electrons. The lowest BCUT2D eigenvalue weighted by atomic mass is 10.1. The molecule has 1 aromatic carbocycles. The molecule has 3 rings (SSSR count). The van der Waals surface area contributed by atoms with E-state index in [0.717, 1.165) is 22.2 Å². The first-order valence-corrected chi connectivity index (χ1v) is 5.89. The van der Waals surface area contributed by atoms with Crippen molar-refractivity contribution in [2.45, 2.75) is 0 Å². The second-order valence-corrected chi connectivity index (χ2v) is 4.35. The van der Waals surface area contributed by atoms with E-state index in [2.05, 4.69) is 9.97 Å². The third kappa shape index (κ3) is 1.79. The number of benzene rings is 1. The van der Waals surface area contributed by atoms with Crippen LogP contribution in [-0.2, 0) is 0 Å². The Kier molecular flexibility index (Phi) is 2.61. The van der Waals surface area contributed by atoms with E-state index in [-0.39, 0.29) is 0 Å². The largest absolute Gasteiger partial charge is 0.383 e. The van der Waals surface area contributed by atoms with Crippen molar-refractivity contribution in [2.24, 2.45) is 0 Å². The molecule has 2 N–H and O–H groups in total. The summed E-state index contributed by atoms with van der Waals surface area (Å²) in [6, 6.07) is 13.2. The fourth-order valence-electron chi connectivity index (χ4n) is 1.91. The maximum atomic E-state index is 6.18. The Morgan fingerprint density at radius 3 is 2.61 bits per heavy atom. The van der Waals surface area contributed by atoms with Crippen LogP contribution >= 0.6 is 11.6 Å². The minimum atomic E-state index is 0.468. The van der Waals surface area contributed by atoms with Crippen molar-refractivity contribution in [3.63, 3.8) is 0 Å². The van der Waals surface area contributed by atoms with E-state index in [0.29, 0.717) is 10.8 Å². The normalized spacial score (nSPS) is 10.7. The highest BCUT2D eigenvalue weighted by Gasteiger charge is 2.08. The molecule has 18 heavy (non-hydrogen) atoms. The molecular weight excluding hydrogens is 246 g/mol. The quantitative estimate of drug-likeness (QED) is 0.724. The molecule has 0 fully saturated rings. The van der Waals surface area contributed by atoms with Gasteiger partial charge >= 0.3 is 0 Å². The van der Waals surface area contributed by atoms with E-state index in [9.17, 15) is 0 Å². The fourth-order valence-corrected chi connectivity index (χ4v) is 2.14. The third-order valence-corrected chi connectivity index (χ3v) is 3.11. The van der Waals surface area contributed by atoms with Crippen LogP contribution in [0.1, 0.15) is 0 Å². The van der Waals surface area contributed by atoms with Crippen LogP contribution in [0.2, 0.25) is 5.02 Å². The molecular formula is C14H10ClN3. The summed E-state index contributed by atoms with van der Waals surface area (Å²) in [5.74, 6) is 0.468. The first-order chi connectivity index (χ1) is 8.75. The summed E-state index contributed by atoms with van der Waals surface area (Å²) in [5, 5.41) is 2.42. The summed E-state index contributed by atoms with van der Waals surface area (Å²) in [6.45, 7) is 0. The van der Waals surface area contributed by atoms with Crippen LogP contribution < -0.4 is 5.73 Å². The molecule has 0 aliphatic carbocycles. The number of hydrogen-bond acceptors (Lipinski definition) is 3. The summed E-state index contributed by atoms with van der Waals surface area (Å²) in [5.41, 5.74) is 7.48. The molecule has 0 saturated heterocycles. The Balaban J connectivity index is 2.31. The van der Waals surface area contributed by atoms with Gasteiger partial charge in [0.2, 0.25) is 0 Å². The molecule has 0 spiro atoms. The van der Waals surface area contributed by atoms with Gasteiger partial charge in [-0.2, -0.15) is 0 Å². The zero-order chi connectivity index (χ0) is 12.5.